The second kappa shape index (κ2) is 10.8. The van der Waals surface area contributed by atoms with Crippen LogP contribution in [-0.2, 0) is 0 Å². The normalized spacial score (nSPS) is 14.6. The molecule has 0 atom stereocenters. The van der Waals surface area contributed by atoms with Crippen molar-refractivity contribution in [3.63, 3.8) is 0 Å². The lowest BCUT2D eigenvalue weighted by Crippen LogP contribution is -2.48. The van der Waals surface area contributed by atoms with Crippen LogP contribution in [-0.4, -0.2) is 56.7 Å². The van der Waals surface area contributed by atoms with E-state index in [1.54, 1.807) is 12.1 Å². The molecule has 2 aromatic rings. The van der Waals surface area contributed by atoms with Crippen LogP contribution in [0.15, 0.2) is 48.5 Å². The maximum absolute atomic E-state index is 13.1. The third-order valence-corrected chi connectivity index (χ3v) is 5.16. The molecule has 1 heterocycles. The van der Waals surface area contributed by atoms with Crippen molar-refractivity contribution in [2.75, 3.05) is 50.8 Å². The largest absolute Gasteiger partial charge is 0.494 e. The molecule has 0 bridgehead atoms. The van der Waals surface area contributed by atoms with E-state index in [9.17, 15) is 9.18 Å². The molecule has 0 aromatic heterocycles. The van der Waals surface area contributed by atoms with E-state index in [1.165, 1.54) is 12.1 Å². The molecule has 0 unspecified atom stereocenters. The number of piperazine rings is 1. The highest BCUT2D eigenvalue weighted by Gasteiger charge is 2.17. The molecule has 0 saturated carbocycles. The molecule has 0 radical (unpaired) electrons. The summed E-state index contributed by atoms with van der Waals surface area (Å²) < 4.78 is 18.7. The zero-order valence-electron chi connectivity index (χ0n) is 17.1. The minimum Gasteiger partial charge on any atom is -0.494 e. The first-order chi connectivity index (χ1) is 14.2. The smallest absolute Gasteiger partial charge is 0.251 e. The van der Waals surface area contributed by atoms with Crippen LogP contribution in [0.5, 0.6) is 5.75 Å². The standard InChI is InChI=1S/C23H30FN3O2/c1-2-3-18-29-22-10-4-19(5-11-22)23(28)25-12-13-26-14-16-27(17-15-26)21-8-6-20(24)7-9-21/h4-11H,2-3,12-18H2,1H3,(H,25,28). The number of carbonyl (C=O) groups is 1. The van der Waals surface area contributed by atoms with Gasteiger partial charge in [0.15, 0.2) is 0 Å². The van der Waals surface area contributed by atoms with Crippen molar-refractivity contribution in [2.24, 2.45) is 0 Å². The first-order valence-corrected chi connectivity index (χ1v) is 10.4. The number of nitrogens with one attached hydrogen (secondary N) is 1. The van der Waals surface area contributed by atoms with Gasteiger partial charge in [-0.3, -0.25) is 9.69 Å². The van der Waals surface area contributed by atoms with E-state index < -0.39 is 0 Å². The summed E-state index contributed by atoms with van der Waals surface area (Å²) in [6.45, 7) is 7.93. The summed E-state index contributed by atoms with van der Waals surface area (Å²) in [5, 5.41) is 2.99. The number of benzene rings is 2. The molecule has 29 heavy (non-hydrogen) atoms. The van der Waals surface area contributed by atoms with Gasteiger partial charge in [0.1, 0.15) is 11.6 Å². The highest BCUT2D eigenvalue weighted by Crippen LogP contribution is 2.17. The Morgan fingerprint density at radius 3 is 2.38 bits per heavy atom. The molecule has 1 amide bonds. The van der Waals surface area contributed by atoms with E-state index in [2.05, 4.69) is 22.0 Å². The van der Waals surface area contributed by atoms with E-state index in [0.29, 0.717) is 18.7 Å². The van der Waals surface area contributed by atoms with Crippen LogP contribution in [0.25, 0.3) is 0 Å². The van der Waals surface area contributed by atoms with Crippen molar-refractivity contribution < 1.29 is 13.9 Å². The van der Waals surface area contributed by atoms with E-state index in [4.69, 9.17) is 4.74 Å². The number of carbonyl (C=O) groups excluding carboxylic acids is 1. The number of hydrogen-bond donors (Lipinski definition) is 1. The molecule has 6 heteroatoms. The minimum atomic E-state index is -0.207. The van der Waals surface area contributed by atoms with E-state index >= 15 is 0 Å². The van der Waals surface area contributed by atoms with Gasteiger partial charge in [0.25, 0.3) is 5.91 Å². The third-order valence-electron chi connectivity index (χ3n) is 5.16. The van der Waals surface area contributed by atoms with Crippen LogP contribution >= 0.6 is 0 Å². The lowest BCUT2D eigenvalue weighted by Gasteiger charge is -2.36. The van der Waals surface area contributed by atoms with Gasteiger partial charge in [-0.25, -0.2) is 4.39 Å². The summed E-state index contributed by atoms with van der Waals surface area (Å²) in [4.78, 5) is 16.9. The molecule has 1 aliphatic rings. The van der Waals surface area contributed by atoms with E-state index in [-0.39, 0.29) is 11.7 Å². The fraction of sp³-hybridized carbons (Fsp3) is 0.435. The Balaban J connectivity index is 1.36. The summed E-state index contributed by atoms with van der Waals surface area (Å²) >= 11 is 0. The number of hydrogen-bond acceptors (Lipinski definition) is 4. The average Bonchev–Trinajstić information content (AvgIpc) is 2.75. The fourth-order valence-electron chi connectivity index (χ4n) is 3.35. The highest BCUT2D eigenvalue weighted by atomic mass is 19.1. The summed E-state index contributed by atoms with van der Waals surface area (Å²) in [5.74, 6) is 0.533. The number of unbranched alkanes of at least 4 members (excludes halogenated alkanes) is 1. The Morgan fingerprint density at radius 1 is 1.03 bits per heavy atom. The first-order valence-electron chi connectivity index (χ1n) is 10.4. The third kappa shape index (κ3) is 6.46. The van der Waals surface area contributed by atoms with Gasteiger partial charge in [-0.05, 0) is 55.0 Å². The quantitative estimate of drug-likeness (QED) is 0.655. The second-order valence-electron chi connectivity index (χ2n) is 7.29. The zero-order valence-corrected chi connectivity index (χ0v) is 17.1. The number of nitrogens with zero attached hydrogens (tertiary/aromatic N) is 2. The van der Waals surface area contributed by atoms with Crippen LogP contribution in [0.4, 0.5) is 10.1 Å². The molecular weight excluding hydrogens is 369 g/mol. The fourth-order valence-corrected chi connectivity index (χ4v) is 3.35. The molecule has 5 nitrogen and oxygen atoms in total. The second-order valence-corrected chi connectivity index (χ2v) is 7.29. The van der Waals surface area contributed by atoms with Crippen molar-refractivity contribution >= 4 is 11.6 Å². The van der Waals surface area contributed by atoms with E-state index in [0.717, 1.165) is 57.0 Å². The van der Waals surface area contributed by atoms with Crippen LogP contribution in [0.1, 0.15) is 30.1 Å². The van der Waals surface area contributed by atoms with Gasteiger partial charge in [0.2, 0.25) is 0 Å². The van der Waals surface area contributed by atoms with Gasteiger partial charge in [0.05, 0.1) is 6.61 Å². The minimum absolute atomic E-state index is 0.0601. The van der Waals surface area contributed by atoms with Crippen molar-refractivity contribution in [3.05, 3.63) is 59.9 Å². The van der Waals surface area contributed by atoms with Gasteiger partial charge in [-0.2, -0.15) is 0 Å². The summed E-state index contributed by atoms with van der Waals surface area (Å²) in [6.07, 6.45) is 2.13. The predicted octanol–water partition coefficient (Wildman–Crippen LogP) is 3.56. The van der Waals surface area contributed by atoms with Gasteiger partial charge in [-0.15, -0.1) is 0 Å². The Kier molecular flexibility index (Phi) is 7.87. The number of anilines is 1. The molecule has 1 fully saturated rings. The molecule has 0 spiro atoms. The molecule has 2 aromatic carbocycles. The van der Waals surface area contributed by atoms with Crippen LogP contribution in [0, 0.1) is 5.82 Å². The lowest BCUT2D eigenvalue weighted by atomic mass is 10.2. The maximum Gasteiger partial charge on any atom is 0.251 e. The molecule has 1 N–H and O–H groups in total. The van der Waals surface area contributed by atoms with Crippen LogP contribution in [0.2, 0.25) is 0 Å². The SMILES string of the molecule is CCCCOc1ccc(C(=O)NCCN2CCN(c3ccc(F)cc3)CC2)cc1. The van der Waals surface area contributed by atoms with Crippen molar-refractivity contribution in [1.29, 1.82) is 0 Å². The van der Waals surface area contributed by atoms with Crippen molar-refractivity contribution in [2.45, 2.75) is 19.8 Å². The Labute approximate surface area is 172 Å². The summed E-state index contributed by atoms with van der Waals surface area (Å²) in [5.41, 5.74) is 1.70. The Morgan fingerprint density at radius 2 is 1.72 bits per heavy atom. The predicted molar refractivity (Wildman–Crippen MR) is 114 cm³/mol. The molecule has 0 aliphatic carbocycles. The average molecular weight is 400 g/mol. The lowest BCUT2D eigenvalue weighted by molar-refractivity contribution is 0.0947. The molecule has 156 valence electrons. The maximum atomic E-state index is 13.1. The van der Waals surface area contributed by atoms with Gasteiger partial charge in [0, 0.05) is 50.5 Å². The zero-order chi connectivity index (χ0) is 20.5. The van der Waals surface area contributed by atoms with Crippen molar-refractivity contribution in [1.82, 2.24) is 10.2 Å². The van der Waals surface area contributed by atoms with Crippen LogP contribution < -0.4 is 15.0 Å². The number of halogens is 1. The van der Waals surface area contributed by atoms with Crippen molar-refractivity contribution in [3.8, 4) is 5.75 Å². The van der Waals surface area contributed by atoms with Crippen LogP contribution in [0.3, 0.4) is 0 Å². The van der Waals surface area contributed by atoms with Gasteiger partial charge >= 0.3 is 0 Å². The number of ether oxygens (including phenoxy) is 1. The summed E-state index contributed by atoms with van der Waals surface area (Å²) in [6, 6.07) is 14.0. The monoisotopic (exact) mass is 399 g/mol. The topological polar surface area (TPSA) is 44.8 Å². The molecule has 3 rings (SSSR count). The number of amides is 1. The number of rotatable bonds is 9. The van der Waals surface area contributed by atoms with E-state index in [1.807, 2.05) is 24.3 Å². The van der Waals surface area contributed by atoms with Gasteiger partial charge < -0.3 is 15.0 Å². The molecule has 1 aliphatic heterocycles. The molecule has 1 saturated heterocycles. The highest BCUT2D eigenvalue weighted by molar-refractivity contribution is 5.94. The Hall–Kier alpha value is -2.60. The van der Waals surface area contributed by atoms with Gasteiger partial charge in [-0.1, -0.05) is 13.3 Å². The molecular formula is C23H30FN3O2. The Bertz CT molecular complexity index is 757. The first kappa shape index (κ1) is 21.1. The summed E-state index contributed by atoms with van der Waals surface area (Å²) in [7, 11) is 0.